The van der Waals surface area contributed by atoms with Crippen LogP contribution in [-0.4, -0.2) is 64.4 Å². The van der Waals surface area contributed by atoms with Gasteiger partial charge in [-0.05, 0) is 25.5 Å². The van der Waals surface area contributed by atoms with Crippen molar-refractivity contribution in [1.82, 2.24) is 9.88 Å². The van der Waals surface area contributed by atoms with Crippen LogP contribution in [0.1, 0.15) is 38.1 Å². The number of carboxylic acids is 1. The van der Waals surface area contributed by atoms with Gasteiger partial charge in [0, 0.05) is 24.6 Å². The van der Waals surface area contributed by atoms with E-state index < -0.39 is 12.1 Å². The Morgan fingerprint density at radius 2 is 2.00 bits per heavy atom. The van der Waals surface area contributed by atoms with E-state index in [0.29, 0.717) is 26.3 Å². The van der Waals surface area contributed by atoms with Crippen molar-refractivity contribution in [3.63, 3.8) is 0 Å². The fraction of sp³-hybridized carbons (Fsp3) is 0.650. The molecule has 1 N–H and O–H groups in total. The third-order valence-electron chi connectivity index (χ3n) is 4.87. The summed E-state index contributed by atoms with van der Waals surface area (Å²) in [7, 11) is 0. The van der Waals surface area contributed by atoms with Crippen LogP contribution in [0.25, 0.3) is 0 Å². The van der Waals surface area contributed by atoms with Crippen LogP contribution in [0, 0.1) is 12.8 Å². The van der Waals surface area contributed by atoms with Gasteiger partial charge in [-0.1, -0.05) is 19.9 Å². The zero-order valence-corrected chi connectivity index (χ0v) is 17.2. The maximum Gasteiger partial charge on any atom is 0.490 e. The number of pyridine rings is 1. The number of nitrogens with zero attached hydrogens (tertiary/aromatic N) is 2. The fourth-order valence-electron chi connectivity index (χ4n) is 3.40. The zero-order chi connectivity index (χ0) is 22.5. The Balaban J connectivity index is 0.000000396. The van der Waals surface area contributed by atoms with Crippen LogP contribution in [0.3, 0.4) is 0 Å². The van der Waals surface area contributed by atoms with Gasteiger partial charge in [0.1, 0.15) is 5.60 Å². The Morgan fingerprint density at radius 1 is 1.37 bits per heavy atom. The predicted octanol–water partition coefficient (Wildman–Crippen LogP) is 2.96. The highest BCUT2D eigenvalue weighted by molar-refractivity contribution is 5.79. The van der Waals surface area contributed by atoms with Crippen LogP contribution in [-0.2, 0) is 25.7 Å². The van der Waals surface area contributed by atoms with E-state index in [4.69, 9.17) is 19.4 Å². The van der Waals surface area contributed by atoms with Gasteiger partial charge in [-0.2, -0.15) is 13.2 Å². The lowest BCUT2D eigenvalue weighted by Crippen LogP contribution is -2.67. The molecule has 0 radical (unpaired) electrons. The van der Waals surface area contributed by atoms with Gasteiger partial charge in [-0.25, -0.2) is 4.79 Å². The van der Waals surface area contributed by atoms with E-state index in [1.54, 1.807) is 0 Å². The van der Waals surface area contributed by atoms with Gasteiger partial charge in [0.2, 0.25) is 5.91 Å². The molecule has 2 fully saturated rings. The van der Waals surface area contributed by atoms with E-state index >= 15 is 0 Å². The van der Waals surface area contributed by atoms with E-state index in [9.17, 15) is 18.0 Å². The molecule has 2 saturated heterocycles. The van der Waals surface area contributed by atoms with Crippen molar-refractivity contribution < 1.29 is 37.3 Å². The van der Waals surface area contributed by atoms with Gasteiger partial charge in [0.25, 0.3) is 0 Å². The minimum absolute atomic E-state index is 0.0513. The number of hydrogen-bond acceptors (Lipinski definition) is 5. The maximum absolute atomic E-state index is 12.0. The number of aliphatic carboxylic acids is 1. The molecule has 0 saturated carbocycles. The van der Waals surface area contributed by atoms with Gasteiger partial charge >= 0.3 is 12.1 Å². The number of likely N-dealkylation sites (tertiary alicyclic amines) is 1. The molecule has 1 aromatic heterocycles. The molecule has 2 aliphatic rings. The number of halogens is 3. The highest BCUT2D eigenvalue weighted by atomic mass is 19.4. The number of ether oxygens (including phenoxy) is 2. The Kier molecular flexibility index (Phi) is 7.81. The first-order valence-corrected chi connectivity index (χ1v) is 9.69. The first-order chi connectivity index (χ1) is 13.9. The number of amides is 1. The van der Waals surface area contributed by atoms with Crippen LogP contribution in [0.2, 0.25) is 0 Å². The van der Waals surface area contributed by atoms with Crippen molar-refractivity contribution in [2.75, 3.05) is 19.7 Å². The summed E-state index contributed by atoms with van der Waals surface area (Å²) in [5.74, 6) is -2.49. The number of rotatable bonds is 4. The minimum atomic E-state index is -5.08. The number of carboxylic acid groups (broad SMARTS) is 1. The molecule has 30 heavy (non-hydrogen) atoms. The number of hydrogen-bond donors (Lipinski definition) is 1. The van der Waals surface area contributed by atoms with Crippen LogP contribution >= 0.6 is 0 Å². The van der Waals surface area contributed by atoms with E-state index in [0.717, 1.165) is 24.2 Å². The smallest absolute Gasteiger partial charge is 0.475 e. The fourth-order valence-corrected chi connectivity index (χ4v) is 3.40. The molecule has 3 heterocycles. The van der Waals surface area contributed by atoms with Crippen LogP contribution < -0.4 is 0 Å². The van der Waals surface area contributed by atoms with E-state index in [2.05, 4.69) is 4.98 Å². The number of aryl methyl sites for hydroxylation is 1. The van der Waals surface area contributed by atoms with Crippen molar-refractivity contribution in [3.8, 4) is 0 Å². The second-order valence-electron chi connectivity index (χ2n) is 7.88. The largest absolute Gasteiger partial charge is 0.490 e. The predicted molar refractivity (Wildman–Crippen MR) is 101 cm³/mol. The topological polar surface area (TPSA) is 89.0 Å². The molecular weight excluding hydrogens is 405 g/mol. The molecule has 1 amide bonds. The molecule has 1 spiro atoms. The van der Waals surface area contributed by atoms with E-state index in [1.807, 2.05) is 43.9 Å². The standard InChI is InChI=1S/C18H26N2O3.C2HF3O2/c1-13(2)17(21)20-11-18(12-20)9-16(7-8-23-18)22-10-15-6-4-5-14(3)19-15;3-2(4,5)1(6)7/h4-6,13,16H,7-12H2,1-3H3;(H,6,7). The molecule has 7 nitrogen and oxygen atoms in total. The van der Waals surface area contributed by atoms with E-state index in [-0.39, 0.29) is 23.5 Å². The van der Waals surface area contributed by atoms with Gasteiger partial charge in [0.05, 0.1) is 31.5 Å². The molecule has 0 aromatic carbocycles. The second kappa shape index (κ2) is 9.74. The molecule has 2 aliphatic heterocycles. The molecule has 0 aliphatic carbocycles. The average Bonchev–Trinajstić information content (AvgIpc) is 2.64. The number of carbonyl (C=O) groups excluding carboxylic acids is 1. The normalized spacial score (nSPS) is 20.4. The summed E-state index contributed by atoms with van der Waals surface area (Å²) in [5, 5.41) is 7.12. The lowest BCUT2D eigenvalue weighted by atomic mass is 9.84. The first kappa shape index (κ1) is 24.1. The third-order valence-corrected chi connectivity index (χ3v) is 4.87. The number of carbonyl (C=O) groups is 2. The summed E-state index contributed by atoms with van der Waals surface area (Å²) in [6.45, 7) is 8.51. The summed E-state index contributed by atoms with van der Waals surface area (Å²) >= 11 is 0. The molecule has 3 rings (SSSR count). The highest BCUT2D eigenvalue weighted by Gasteiger charge is 2.49. The zero-order valence-electron chi connectivity index (χ0n) is 17.2. The lowest BCUT2D eigenvalue weighted by Gasteiger charge is -2.53. The quantitative estimate of drug-likeness (QED) is 0.787. The number of alkyl halides is 3. The number of aromatic nitrogens is 1. The van der Waals surface area contributed by atoms with Crippen molar-refractivity contribution in [2.45, 2.75) is 58.1 Å². The van der Waals surface area contributed by atoms with Crippen LogP contribution in [0.15, 0.2) is 18.2 Å². The summed E-state index contributed by atoms with van der Waals surface area (Å²) < 4.78 is 43.8. The van der Waals surface area contributed by atoms with Gasteiger partial charge in [-0.15, -0.1) is 0 Å². The molecule has 10 heteroatoms. The molecule has 1 unspecified atom stereocenters. The summed E-state index contributed by atoms with van der Waals surface area (Å²) in [6, 6.07) is 5.99. The van der Waals surface area contributed by atoms with Crippen LogP contribution in [0.4, 0.5) is 13.2 Å². The Labute approximate surface area is 173 Å². The Hall–Kier alpha value is -2.20. The summed E-state index contributed by atoms with van der Waals surface area (Å²) in [4.78, 5) is 27.3. The van der Waals surface area contributed by atoms with Gasteiger partial charge in [0.15, 0.2) is 0 Å². The van der Waals surface area contributed by atoms with Gasteiger partial charge < -0.3 is 19.5 Å². The lowest BCUT2D eigenvalue weighted by molar-refractivity contribution is -0.204. The monoisotopic (exact) mass is 432 g/mol. The van der Waals surface area contributed by atoms with Crippen molar-refractivity contribution in [1.29, 1.82) is 0 Å². The Bertz CT molecular complexity index is 748. The SMILES string of the molecule is Cc1cccc(COC2CCOC3(C2)CN(C(=O)C(C)C)C3)n1.O=C(O)C(F)(F)F. The second-order valence-corrected chi connectivity index (χ2v) is 7.88. The average molecular weight is 432 g/mol. The Morgan fingerprint density at radius 3 is 2.53 bits per heavy atom. The van der Waals surface area contributed by atoms with Crippen molar-refractivity contribution >= 4 is 11.9 Å². The molecular formula is C20H27F3N2O5. The maximum atomic E-state index is 12.0. The molecule has 0 bridgehead atoms. The van der Waals surface area contributed by atoms with Crippen molar-refractivity contribution in [2.24, 2.45) is 5.92 Å². The minimum Gasteiger partial charge on any atom is -0.475 e. The first-order valence-electron chi connectivity index (χ1n) is 9.69. The molecule has 168 valence electrons. The molecule has 1 atom stereocenters. The van der Waals surface area contributed by atoms with Gasteiger partial charge in [-0.3, -0.25) is 9.78 Å². The highest BCUT2D eigenvalue weighted by Crippen LogP contribution is 2.36. The van der Waals surface area contributed by atoms with Crippen LogP contribution in [0.5, 0.6) is 0 Å². The van der Waals surface area contributed by atoms with Crippen molar-refractivity contribution in [3.05, 3.63) is 29.6 Å². The summed E-state index contributed by atoms with van der Waals surface area (Å²) in [5.41, 5.74) is 1.79. The van der Waals surface area contributed by atoms with E-state index in [1.165, 1.54) is 0 Å². The summed E-state index contributed by atoms with van der Waals surface area (Å²) in [6.07, 6.45) is -3.13. The third kappa shape index (κ3) is 6.66. The molecule has 1 aromatic rings.